The van der Waals surface area contributed by atoms with Gasteiger partial charge in [-0.2, -0.15) is 0 Å². The summed E-state index contributed by atoms with van der Waals surface area (Å²) in [6.45, 7) is 16.1. The van der Waals surface area contributed by atoms with Crippen LogP contribution in [0.3, 0.4) is 0 Å². The number of rotatable bonds is 10. The summed E-state index contributed by atoms with van der Waals surface area (Å²) < 4.78 is 0. The highest BCUT2D eigenvalue weighted by atomic mass is 16.3. The SMILES string of the molecule is C=C/C(=C\N(C)C)c1cccc(-c2ncc(/C(C=NC)=C/C)c(C)n2)c1.CC.CCCC(O)CCC. The lowest BCUT2D eigenvalue weighted by Crippen LogP contribution is -2.03. The van der Waals surface area contributed by atoms with E-state index in [1.807, 2.05) is 89.6 Å². The number of aliphatic hydroxyl groups is 1. The van der Waals surface area contributed by atoms with Crippen LogP contribution < -0.4 is 0 Å². The van der Waals surface area contributed by atoms with E-state index in [-0.39, 0.29) is 6.10 Å². The van der Waals surface area contributed by atoms with Crippen molar-refractivity contribution in [2.75, 3.05) is 21.1 Å². The Labute approximate surface area is 220 Å². The Morgan fingerprint density at radius 3 is 2.25 bits per heavy atom. The molecule has 2 aromatic rings. The molecule has 0 aliphatic heterocycles. The summed E-state index contributed by atoms with van der Waals surface area (Å²) in [5.41, 5.74) is 6.07. The molecule has 0 radical (unpaired) electrons. The number of aliphatic hydroxyl groups excluding tert-OH is 1. The third-order valence-corrected chi connectivity index (χ3v) is 5.18. The molecule has 0 saturated heterocycles. The fraction of sp³-hybridized carbons (Fsp3) is 0.452. The largest absolute Gasteiger partial charge is 0.393 e. The molecule has 5 heteroatoms. The molecule has 0 spiro atoms. The van der Waals surface area contributed by atoms with Gasteiger partial charge in [-0.25, -0.2) is 9.97 Å². The maximum atomic E-state index is 9.05. The van der Waals surface area contributed by atoms with E-state index in [0.717, 1.165) is 59.2 Å². The summed E-state index contributed by atoms with van der Waals surface area (Å²) in [7, 11) is 5.76. The highest BCUT2D eigenvalue weighted by Gasteiger charge is 2.09. The van der Waals surface area contributed by atoms with Crippen LogP contribution in [0.5, 0.6) is 0 Å². The first-order valence-electron chi connectivity index (χ1n) is 13.0. The van der Waals surface area contributed by atoms with Crippen molar-refractivity contribution < 1.29 is 5.11 Å². The van der Waals surface area contributed by atoms with Gasteiger partial charge in [-0.3, -0.25) is 4.99 Å². The molecule has 1 aromatic heterocycles. The molecule has 0 aliphatic rings. The average molecular weight is 493 g/mol. The third-order valence-electron chi connectivity index (χ3n) is 5.18. The van der Waals surface area contributed by atoms with E-state index in [2.05, 4.69) is 42.5 Å². The summed E-state index contributed by atoms with van der Waals surface area (Å²) in [5.74, 6) is 0.713. The Morgan fingerprint density at radius 2 is 1.78 bits per heavy atom. The van der Waals surface area contributed by atoms with E-state index in [4.69, 9.17) is 10.1 Å². The molecular formula is C31H48N4O. The van der Waals surface area contributed by atoms with Gasteiger partial charge in [0.2, 0.25) is 0 Å². The van der Waals surface area contributed by atoms with E-state index in [9.17, 15) is 0 Å². The Morgan fingerprint density at radius 1 is 1.14 bits per heavy atom. The van der Waals surface area contributed by atoms with E-state index in [1.165, 1.54) is 0 Å². The summed E-state index contributed by atoms with van der Waals surface area (Å²) in [5, 5.41) is 9.05. The van der Waals surface area contributed by atoms with Gasteiger partial charge in [0.15, 0.2) is 5.82 Å². The number of aliphatic imine (C=N–C) groups is 1. The van der Waals surface area contributed by atoms with E-state index < -0.39 is 0 Å². The van der Waals surface area contributed by atoms with Gasteiger partial charge >= 0.3 is 0 Å². The molecule has 36 heavy (non-hydrogen) atoms. The van der Waals surface area contributed by atoms with Gasteiger partial charge in [0, 0.05) is 56.6 Å². The van der Waals surface area contributed by atoms with Crippen molar-refractivity contribution in [2.45, 2.75) is 73.3 Å². The van der Waals surface area contributed by atoms with Crippen molar-refractivity contribution in [1.29, 1.82) is 0 Å². The van der Waals surface area contributed by atoms with Crippen LogP contribution in [0.4, 0.5) is 0 Å². The summed E-state index contributed by atoms with van der Waals surface area (Å²) in [6, 6.07) is 8.21. The second-order valence-corrected chi connectivity index (χ2v) is 8.39. The Hall–Kier alpha value is -3.05. The molecule has 0 bridgehead atoms. The highest BCUT2D eigenvalue weighted by molar-refractivity contribution is 6.09. The molecule has 1 aromatic carbocycles. The third kappa shape index (κ3) is 11.6. The Balaban J connectivity index is 0.00000104. The minimum atomic E-state index is -0.0370. The first-order valence-corrected chi connectivity index (χ1v) is 13.0. The second kappa shape index (κ2) is 19.2. The second-order valence-electron chi connectivity index (χ2n) is 8.39. The first-order chi connectivity index (χ1) is 17.3. The molecule has 0 aliphatic carbocycles. The predicted molar refractivity (Wildman–Crippen MR) is 159 cm³/mol. The smallest absolute Gasteiger partial charge is 0.159 e. The highest BCUT2D eigenvalue weighted by Crippen LogP contribution is 2.24. The summed E-state index contributed by atoms with van der Waals surface area (Å²) >= 11 is 0. The van der Waals surface area contributed by atoms with Crippen molar-refractivity contribution in [3.8, 4) is 11.4 Å². The number of hydrogen-bond donors (Lipinski definition) is 1. The number of benzene rings is 1. The molecule has 198 valence electrons. The van der Waals surface area contributed by atoms with Crippen LogP contribution >= 0.6 is 0 Å². The fourth-order valence-electron chi connectivity index (χ4n) is 3.50. The zero-order valence-corrected chi connectivity index (χ0v) is 24.0. The van der Waals surface area contributed by atoms with Gasteiger partial charge in [0.1, 0.15) is 0 Å². The Bertz CT molecular complexity index is 984. The number of aryl methyl sites for hydroxylation is 1. The van der Waals surface area contributed by atoms with Gasteiger partial charge in [0.25, 0.3) is 0 Å². The van der Waals surface area contributed by atoms with Crippen LogP contribution in [0.2, 0.25) is 0 Å². The van der Waals surface area contributed by atoms with Gasteiger partial charge < -0.3 is 10.0 Å². The molecule has 0 amide bonds. The summed E-state index contributed by atoms with van der Waals surface area (Å²) in [4.78, 5) is 15.4. The predicted octanol–water partition coefficient (Wildman–Crippen LogP) is 7.62. The van der Waals surface area contributed by atoms with Crippen molar-refractivity contribution in [2.24, 2.45) is 4.99 Å². The molecule has 1 N–H and O–H groups in total. The normalized spacial score (nSPS) is 11.5. The van der Waals surface area contributed by atoms with Gasteiger partial charge in [-0.05, 0) is 49.5 Å². The lowest BCUT2D eigenvalue weighted by molar-refractivity contribution is 0.153. The monoisotopic (exact) mass is 492 g/mol. The van der Waals surface area contributed by atoms with E-state index in [0.29, 0.717) is 5.82 Å². The molecular weight excluding hydrogens is 444 g/mol. The van der Waals surface area contributed by atoms with Crippen molar-refractivity contribution in [1.82, 2.24) is 14.9 Å². The maximum Gasteiger partial charge on any atom is 0.159 e. The molecule has 0 saturated carbocycles. The molecule has 0 unspecified atom stereocenters. The zero-order chi connectivity index (χ0) is 27.5. The molecule has 0 atom stereocenters. The van der Waals surface area contributed by atoms with Gasteiger partial charge in [0.05, 0.1) is 6.10 Å². The van der Waals surface area contributed by atoms with Gasteiger partial charge in [-0.15, -0.1) is 0 Å². The molecule has 5 nitrogen and oxygen atoms in total. The quantitative estimate of drug-likeness (QED) is 0.274. The molecule has 2 rings (SSSR count). The standard InChI is InChI=1S/C22H26N4.C7H16O.C2H6/c1-7-17(13-23-4)21-14-24-22(25-16(21)3)20-11-9-10-19(12-20)18(8-2)15-26(5)6;1-3-5-7(8)6-4-2;1-2/h7-15H,2H2,1,3-6H3;7-8H,3-6H2,1-2H3;1-2H3/b17-7+,18-15+,23-13?;;. The van der Waals surface area contributed by atoms with Gasteiger partial charge in [-0.1, -0.05) is 77.5 Å². The molecule has 1 heterocycles. The average Bonchev–Trinajstić information content (AvgIpc) is 2.88. The minimum Gasteiger partial charge on any atom is -0.393 e. The number of aromatic nitrogens is 2. The van der Waals surface area contributed by atoms with Crippen LogP contribution in [-0.4, -0.2) is 53.4 Å². The number of allylic oxidation sites excluding steroid dienone is 4. The van der Waals surface area contributed by atoms with E-state index >= 15 is 0 Å². The van der Waals surface area contributed by atoms with Crippen molar-refractivity contribution in [3.05, 3.63) is 72.2 Å². The number of hydrogen-bond acceptors (Lipinski definition) is 5. The number of nitrogens with zero attached hydrogens (tertiary/aromatic N) is 4. The Kier molecular flexibility index (Phi) is 17.6. The van der Waals surface area contributed by atoms with Crippen LogP contribution in [0, 0.1) is 6.92 Å². The van der Waals surface area contributed by atoms with Crippen molar-refractivity contribution in [3.63, 3.8) is 0 Å². The van der Waals surface area contributed by atoms with Crippen LogP contribution in [0.15, 0.2) is 60.4 Å². The molecule has 0 fully saturated rings. The maximum absolute atomic E-state index is 9.05. The van der Waals surface area contributed by atoms with Crippen LogP contribution in [0.25, 0.3) is 22.5 Å². The van der Waals surface area contributed by atoms with Crippen LogP contribution in [0.1, 0.15) is 77.1 Å². The zero-order valence-electron chi connectivity index (χ0n) is 24.0. The fourth-order valence-corrected chi connectivity index (χ4v) is 3.50. The summed E-state index contributed by atoms with van der Waals surface area (Å²) in [6.07, 6.45) is 13.7. The van der Waals surface area contributed by atoms with Crippen molar-refractivity contribution >= 4 is 17.4 Å². The lowest BCUT2D eigenvalue weighted by Gasteiger charge is -2.11. The van der Waals surface area contributed by atoms with Crippen LogP contribution in [-0.2, 0) is 0 Å². The lowest BCUT2D eigenvalue weighted by atomic mass is 10.0. The van der Waals surface area contributed by atoms with E-state index in [1.54, 1.807) is 7.05 Å². The minimum absolute atomic E-state index is 0.0370. The first kappa shape index (κ1) is 33.0. The topological polar surface area (TPSA) is 61.6 Å².